The molecule has 138 valence electrons. The fraction of sp³-hybridized carbons (Fsp3) is 0.0435. The number of carbonyl (C=O) groups is 1. The highest BCUT2D eigenvalue weighted by atomic mass is 35.5. The van der Waals surface area contributed by atoms with Crippen LogP contribution in [-0.4, -0.2) is 15.3 Å². The molecule has 4 rings (SSSR count). The lowest BCUT2D eigenvalue weighted by molar-refractivity contribution is 0.101. The van der Waals surface area contributed by atoms with Gasteiger partial charge in [-0.3, -0.25) is 9.36 Å². The van der Waals surface area contributed by atoms with Crippen LogP contribution in [-0.2, 0) is 0 Å². The largest absolute Gasteiger partial charge is 0.293 e. The van der Waals surface area contributed by atoms with Gasteiger partial charge >= 0.3 is 0 Å². The molecule has 1 aromatic heterocycles. The van der Waals surface area contributed by atoms with E-state index in [1.165, 1.54) is 0 Å². The number of carbonyl (C=O) groups excluding carboxylic acids is 1. The molecule has 0 aliphatic rings. The maximum absolute atomic E-state index is 12.7. The van der Waals surface area contributed by atoms with Gasteiger partial charge in [-0.25, -0.2) is 4.98 Å². The van der Waals surface area contributed by atoms with Crippen molar-refractivity contribution in [2.75, 3.05) is 0 Å². The van der Waals surface area contributed by atoms with Crippen LogP contribution < -0.4 is 0 Å². The van der Waals surface area contributed by atoms with E-state index in [0.29, 0.717) is 27.3 Å². The third-order valence-corrected chi connectivity index (χ3v) is 5.19. The van der Waals surface area contributed by atoms with Crippen LogP contribution in [0.2, 0.25) is 10.0 Å². The number of benzene rings is 3. The van der Waals surface area contributed by atoms with E-state index in [1.807, 2.05) is 71.3 Å². The van der Waals surface area contributed by atoms with Gasteiger partial charge in [0.1, 0.15) is 17.2 Å². The van der Waals surface area contributed by atoms with Gasteiger partial charge in [-0.05, 0) is 18.2 Å². The van der Waals surface area contributed by atoms with Crippen LogP contribution in [0.5, 0.6) is 0 Å². The molecule has 0 unspecified atom stereocenters. The van der Waals surface area contributed by atoms with E-state index in [-0.39, 0.29) is 5.78 Å². The summed E-state index contributed by atoms with van der Waals surface area (Å²) in [5.74, 6) is 0.586. The van der Waals surface area contributed by atoms with Crippen LogP contribution >= 0.6 is 23.2 Å². The lowest BCUT2D eigenvalue weighted by Gasteiger charge is -2.12. The summed E-state index contributed by atoms with van der Waals surface area (Å²) in [4.78, 5) is 17.6. The van der Waals surface area contributed by atoms with Gasteiger partial charge in [0, 0.05) is 23.7 Å². The topological polar surface area (TPSA) is 34.9 Å². The van der Waals surface area contributed by atoms with E-state index in [0.717, 1.165) is 16.8 Å². The van der Waals surface area contributed by atoms with Gasteiger partial charge in [0.2, 0.25) is 0 Å². The molecular formula is C23H16Cl2N2O. The molecule has 1 heterocycles. The number of aromatic nitrogens is 2. The molecule has 3 aromatic carbocycles. The number of hydrogen-bond acceptors (Lipinski definition) is 2. The zero-order valence-corrected chi connectivity index (χ0v) is 16.6. The quantitative estimate of drug-likeness (QED) is 0.352. The fourth-order valence-electron chi connectivity index (χ4n) is 3.20. The average Bonchev–Trinajstić information content (AvgIpc) is 3.12. The molecular weight excluding hydrogens is 391 g/mol. The highest BCUT2D eigenvalue weighted by Crippen LogP contribution is 2.34. The van der Waals surface area contributed by atoms with Crippen LogP contribution in [0.1, 0.15) is 17.4 Å². The van der Waals surface area contributed by atoms with Crippen LogP contribution in [0.4, 0.5) is 0 Å². The van der Waals surface area contributed by atoms with Crippen molar-refractivity contribution in [3.05, 3.63) is 94.6 Å². The molecule has 3 nitrogen and oxygen atoms in total. The number of Topliss-reactive ketones (excluding diaryl/α,β-unsaturated/α-hetero) is 1. The Bertz CT molecular complexity index is 1150. The Hall–Kier alpha value is -2.88. The smallest absolute Gasteiger partial charge is 0.178 e. The Morgan fingerprint density at radius 1 is 0.821 bits per heavy atom. The molecule has 0 saturated carbocycles. The minimum atomic E-state index is -0.0837. The van der Waals surface area contributed by atoms with Gasteiger partial charge in [0.25, 0.3) is 0 Å². The normalized spacial score (nSPS) is 10.8. The first-order chi connectivity index (χ1) is 13.6. The second-order valence-electron chi connectivity index (χ2n) is 6.35. The van der Waals surface area contributed by atoms with Crippen molar-refractivity contribution in [1.29, 1.82) is 0 Å². The van der Waals surface area contributed by atoms with Crippen molar-refractivity contribution in [2.45, 2.75) is 6.92 Å². The van der Waals surface area contributed by atoms with Gasteiger partial charge in [0.05, 0.1) is 10.0 Å². The van der Waals surface area contributed by atoms with Crippen LogP contribution in [0.25, 0.3) is 28.3 Å². The Labute approximate surface area is 173 Å². The summed E-state index contributed by atoms with van der Waals surface area (Å²) in [6.45, 7) is 1.55. The number of rotatable bonds is 4. The molecule has 0 amide bonds. The summed E-state index contributed by atoms with van der Waals surface area (Å²) in [5.41, 5.74) is 3.65. The van der Waals surface area contributed by atoms with E-state index in [4.69, 9.17) is 28.2 Å². The van der Waals surface area contributed by atoms with Gasteiger partial charge in [-0.1, -0.05) is 83.9 Å². The average molecular weight is 407 g/mol. The molecule has 0 radical (unpaired) electrons. The van der Waals surface area contributed by atoms with Crippen LogP contribution in [0.15, 0.2) is 78.9 Å². The first kappa shape index (κ1) is 18.5. The number of halogens is 2. The summed E-state index contributed by atoms with van der Waals surface area (Å²) < 4.78 is 1.85. The van der Waals surface area contributed by atoms with Crippen molar-refractivity contribution in [2.24, 2.45) is 0 Å². The number of imidazole rings is 1. The van der Waals surface area contributed by atoms with E-state index in [2.05, 4.69) is 0 Å². The number of ketones is 1. The third-order valence-electron chi connectivity index (χ3n) is 4.45. The van der Waals surface area contributed by atoms with E-state index in [9.17, 15) is 4.79 Å². The minimum Gasteiger partial charge on any atom is -0.293 e. The zero-order valence-electron chi connectivity index (χ0n) is 15.1. The van der Waals surface area contributed by atoms with E-state index in [1.54, 1.807) is 19.1 Å². The second kappa shape index (κ2) is 7.63. The number of nitrogens with zero attached hydrogens (tertiary/aromatic N) is 2. The SMILES string of the molecule is CC(=O)c1c(-c2ccccc2)nc(-c2ccccc2)n1-c1ccc(Cl)c(Cl)c1. The summed E-state index contributed by atoms with van der Waals surface area (Å²) in [6, 6.07) is 24.8. The van der Waals surface area contributed by atoms with Crippen molar-refractivity contribution in [3.63, 3.8) is 0 Å². The third kappa shape index (κ3) is 3.35. The highest BCUT2D eigenvalue weighted by Gasteiger charge is 2.24. The van der Waals surface area contributed by atoms with Gasteiger partial charge < -0.3 is 0 Å². The predicted octanol–water partition coefficient (Wildman–Crippen LogP) is 6.72. The molecule has 28 heavy (non-hydrogen) atoms. The molecule has 0 bridgehead atoms. The lowest BCUT2D eigenvalue weighted by atomic mass is 10.1. The molecule has 0 aliphatic carbocycles. The second-order valence-corrected chi connectivity index (χ2v) is 7.17. The lowest BCUT2D eigenvalue weighted by Crippen LogP contribution is -2.07. The maximum Gasteiger partial charge on any atom is 0.178 e. The summed E-state index contributed by atoms with van der Waals surface area (Å²) in [5, 5.41) is 0.877. The molecule has 0 N–H and O–H groups in total. The molecule has 4 aromatic rings. The van der Waals surface area contributed by atoms with Crippen molar-refractivity contribution in [1.82, 2.24) is 9.55 Å². The first-order valence-corrected chi connectivity index (χ1v) is 9.52. The van der Waals surface area contributed by atoms with Crippen molar-refractivity contribution in [3.8, 4) is 28.3 Å². The summed E-state index contributed by atoms with van der Waals surface area (Å²) in [7, 11) is 0. The van der Waals surface area contributed by atoms with Crippen molar-refractivity contribution < 1.29 is 4.79 Å². The summed E-state index contributed by atoms with van der Waals surface area (Å²) in [6.07, 6.45) is 0. The zero-order chi connectivity index (χ0) is 19.7. The molecule has 0 fully saturated rings. The Balaban J connectivity index is 2.08. The predicted molar refractivity (Wildman–Crippen MR) is 114 cm³/mol. The minimum absolute atomic E-state index is 0.0837. The standard InChI is InChI=1S/C23H16Cl2N2O/c1-15(28)22-21(16-8-4-2-5-9-16)26-23(17-10-6-3-7-11-17)27(22)18-12-13-19(24)20(25)14-18/h2-14H,1H3. The number of hydrogen-bond donors (Lipinski definition) is 0. The highest BCUT2D eigenvalue weighted by molar-refractivity contribution is 6.42. The molecule has 0 spiro atoms. The Kier molecular flexibility index (Phi) is 5.03. The molecule has 0 aliphatic heterocycles. The van der Waals surface area contributed by atoms with Gasteiger partial charge in [0.15, 0.2) is 5.78 Å². The fourth-order valence-corrected chi connectivity index (χ4v) is 3.49. The van der Waals surface area contributed by atoms with Crippen molar-refractivity contribution >= 4 is 29.0 Å². The molecule has 5 heteroatoms. The van der Waals surface area contributed by atoms with E-state index >= 15 is 0 Å². The summed E-state index contributed by atoms with van der Waals surface area (Å²) >= 11 is 12.4. The first-order valence-electron chi connectivity index (χ1n) is 8.76. The van der Waals surface area contributed by atoms with Crippen LogP contribution in [0, 0.1) is 0 Å². The maximum atomic E-state index is 12.7. The van der Waals surface area contributed by atoms with Crippen LogP contribution in [0.3, 0.4) is 0 Å². The van der Waals surface area contributed by atoms with Gasteiger partial charge in [-0.15, -0.1) is 0 Å². The monoisotopic (exact) mass is 406 g/mol. The van der Waals surface area contributed by atoms with E-state index < -0.39 is 0 Å². The van der Waals surface area contributed by atoms with Gasteiger partial charge in [-0.2, -0.15) is 0 Å². The molecule has 0 saturated heterocycles. The molecule has 0 atom stereocenters. The Morgan fingerprint density at radius 3 is 2.00 bits per heavy atom. The Morgan fingerprint density at radius 2 is 1.43 bits per heavy atom.